The van der Waals surface area contributed by atoms with E-state index in [1.165, 1.54) is 30.3 Å². The first-order chi connectivity index (χ1) is 17.6. The lowest BCUT2D eigenvalue weighted by Gasteiger charge is -2.26. The van der Waals surface area contributed by atoms with Crippen molar-refractivity contribution in [2.45, 2.75) is 6.92 Å². The largest absolute Gasteiger partial charge is 0.481 e. The van der Waals surface area contributed by atoms with Crippen molar-refractivity contribution in [2.75, 3.05) is 16.8 Å². The monoisotopic (exact) mass is 645 g/mol. The molecule has 3 aromatic rings. The quantitative estimate of drug-likeness (QED) is 0.258. The van der Waals surface area contributed by atoms with Gasteiger partial charge >= 0.3 is 6.03 Å². The van der Waals surface area contributed by atoms with Crippen LogP contribution in [0.1, 0.15) is 11.1 Å². The average molecular weight is 648 g/mol. The molecule has 188 valence electrons. The van der Waals surface area contributed by atoms with Crippen LogP contribution in [-0.4, -0.2) is 30.4 Å². The minimum absolute atomic E-state index is 0.236. The lowest BCUT2D eigenvalue weighted by atomic mass is 10.1. The number of aryl methyl sites for hydroxylation is 1. The van der Waals surface area contributed by atoms with Crippen molar-refractivity contribution >= 4 is 84.7 Å². The normalized spacial score (nSPS) is 14.5. The number of carbonyl (C=O) groups is 4. The van der Waals surface area contributed by atoms with Crippen molar-refractivity contribution in [3.63, 3.8) is 0 Å². The Labute approximate surface area is 233 Å². The molecule has 1 fully saturated rings. The van der Waals surface area contributed by atoms with E-state index in [9.17, 15) is 19.2 Å². The van der Waals surface area contributed by atoms with E-state index in [1.807, 2.05) is 25.1 Å². The first-order valence-corrected chi connectivity index (χ1v) is 12.7. The summed E-state index contributed by atoms with van der Waals surface area (Å²) in [7, 11) is 0. The summed E-state index contributed by atoms with van der Waals surface area (Å²) in [5.74, 6) is -1.58. The summed E-state index contributed by atoms with van der Waals surface area (Å²) in [6.07, 6.45) is 1.36. The van der Waals surface area contributed by atoms with Gasteiger partial charge in [-0.2, -0.15) is 0 Å². The second-order valence-corrected chi connectivity index (χ2v) is 10.0. The number of halogens is 3. The van der Waals surface area contributed by atoms with Crippen LogP contribution in [0, 0.1) is 6.92 Å². The van der Waals surface area contributed by atoms with Gasteiger partial charge in [0.1, 0.15) is 11.3 Å². The number of hydrogen-bond acceptors (Lipinski definition) is 5. The number of urea groups is 1. The summed E-state index contributed by atoms with van der Waals surface area (Å²) in [4.78, 5) is 51.1. The van der Waals surface area contributed by atoms with Gasteiger partial charge in [-0.05, 0) is 98.5 Å². The summed E-state index contributed by atoms with van der Waals surface area (Å²) in [6, 6.07) is 15.8. The van der Waals surface area contributed by atoms with Crippen LogP contribution in [0.5, 0.6) is 5.75 Å². The van der Waals surface area contributed by atoms with E-state index in [1.54, 1.807) is 18.2 Å². The molecule has 0 saturated carbocycles. The molecule has 0 radical (unpaired) electrons. The fourth-order valence-electron chi connectivity index (χ4n) is 3.49. The molecule has 1 saturated heterocycles. The van der Waals surface area contributed by atoms with Gasteiger partial charge in [-0.25, -0.2) is 9.69 Å². The summed E-state index contributed by atoms with van der Waals surface area (Å²) in [5.41, 5.74) is 2.12. The Morgan fingerprint density at radius 3 is 2.35 bits per heavy atom. The number of imide groups is 2. The standard InChI is InChI=1S/C26H18Br2ClN3O5/c1-14-4-2-3-5-21(14)30-22(33)13-37-23-19(27)11-15(12-20(23)28)10-18-24(34)31-26(36)32(25(18)35)17-8-6-16(29)7-9-17/h2-12H,13H2,1H3,(H,30,33)(H,31,34,36)/b18-10-. The SMILES string of the molecule is Cc1ccccc1NC(=O)COc1c(Br)cc(/C=C2/C(=O)NC(=O)N(c3ccc(Cl)cc3)C2=O)cc1Br. The third-order valence-electron chi connectivity index (χ3n) is 5.28. The number of ether oxygens (including phenoxy) is 1. The molecule has 1 aliphatic heterocycles. The van der Waals surface area contributed by atoms with E-state index in [2.05, 4.69) is 42.5 Å². The Morgan fingerprint density at radius 1 is 1.05 bits per heavy atom. The molecule has 1 heterocycles. The molecule has 0 bridgehead atoms. The first kappa shape index (κ1) is 26.6. The van der Waals surface area contributed by atoms with E-state index in [0.29, 0.717) is 31.0 Å². The lowest BCUT2D eigenvalue weighted by molar-refractivity contribution is -0.122. The zero-order chi connectivity index (χ0) is 26.7. The lowest BCUT2D eigenvalue weighted by Crippen LogP contribution is -2.54. The van der Waals surface area contributed by atoms with Crippen LogP contribution in [0.2, 0.25) is 5.02 Å². The number of rotatable bonds is 6. The number of amides is 5. The van der Waals surface area contributed by atoms with Gasteiger partial charge in [-0.1, -0.05) is 29.8 Å². The number of barbiturate groups is 1. The molecule has 8 nitrogen and oxygen atoms in total. The van der Waals surface area contributed by atoms with Crippen LogP contribution >= 0.6 is 43.5 Å². The van der Waals surface area contributed by atoms with Gasteiger partial charge in [0, 0.05) is 10.7 Å². The third kappa shape index (κ3) is 6.10. The third-order valence-corrected chi connectivity index (χ3v) is 6.71. The van der Waals surface area contributed by atoms with Crippen LogP contribution in [0.3, 0.4) is 0 Å². The van der Waals surface area contributed by atoms with Gasteiger partial charge in [-0.3, -0.25) is 19.7 Å². The second-order valence-electron chi connectivity index (χ2n) is 7.90. The topological polar surface area (TPSA) is 105 Å². The van der Waals surface area contributed by atoms with E-state index in [-0.39, 0.29) is 23.8 Å². The number of benzene rings is 3. The molecule has 0 spiro atoms. The average Bonchev–Trinajstić information content (AvgIpc) is 2.84. The van der Waals surface area contributed by atoms with E-state index >= 15 is 0 Å². The maximum absolute atomic E-state index is 13.1. The van der Waals surface area contributed by atoms with Gasteiger partial charge in [0.2, 0.25) is 0 Å². The molecular weight excluding hydrogens is 630 g/mol. The predicted molar refractivity (Wildman–Crippen MR) is 148 cm³/mol. The van der Waals surface area contributed by atoms with E-state index in [4.69, 9.17) is 16.3 Å². The molecule has 0 unspecified atom stereocenters. The summed E-state index contributed by atoms with van der Waals surface area (Å²) < 4.78 is 6.65. The number of nitrogens with zero attached hydrogens (tertiary/aromatic N) is 1. The van der Waals surface area contributed by atoms with Crippen molar-refractivity contribution in [3.05, 3.63) is 91.3 Å². The van der Waals surface area contributed by atoms with Crippen molar-refractivity contribution in [1.29, 1.82) is 0 Å². The number of nitrogens with one attached hydrogen (secondary N) is 2. The summed E-state index contributed by atoms with van der Waals surface area (Å²) in [5, 5.41) is 5.40. The Balaban J connectivity index is 1.53. The van der Waals surface area contributed by atoms with Gasteiger partial charge in [-0.15, -0.1) is 0 Å². The number of para-hydroxylation sites is 1. The van der Waals surface area contributed by atoms with Gasteiger partial charge < -0.3 is 10.1 Å². The predicted octanol–water partition coefficient (Wildman–Crippen LogP) is 5.86. The maximum Gasteiger partial charge on any atom is 0.335 e. The molecule has 5 amide bonds. The van der Waals surface area contributed by atoms with E-state index < -0.39 is 17.8 Å². The highest BCUT2D eigenvalue weighted by molar-refractivity contribution is 9.11. The first-order valence-electron chi connectivity index (χ1n) is 10.8. The Morgan fingerprint density at radius 2 is 1.70 bits per heavy atom. The van der Waals surface area contributed by atoms with Crippen LogP contribution in [0.4, 0.5) is 16.2 Å². The zero-order valence-corrected chi connectivity index (χ0v) is 23.1. The zero-order valence-electron chi connectivity index (χ0n) is 19.2. The Hall–Kier alpha value is -3.47. The van der Waals surface area contributed by atoms with Crippen LogP contribution in [0.25, 0.3) is 6.08 Å². The Bertz CT molecular complexity index is 1430. The molecule has 11 heteroatoms. The number of anilines is 2. The second kappa shape index (κ2) is 11.3. The highest BCUT2D eigenvalue weighted by Crippen LogP contribution is 2.36. The summed E-state index contributed by atoms with van der Waals surface area (Å²) >= 11 is 12.7. The fraction of sp³-hybridized carbons (Fsp3) is 0.0769. The molecule has 0 aromatic heterocycles. The Kier molecular flexibility index (Phi) is 8.11. The van der Waals surface area contributed by atoms with Gasteiger partial charge in [0.15, 0.2) is 6.61 Å². The number of hydrogen-bond donors (Lipinski definition) is 2. The van der Waals surface area contributed by atoms with Crippen LogP contribution < -0.4 is 20.3 Å². The smallest absolute Gasteiger partial charge is 0.335 e. The van der Waals surface area contributed by atoms with Crippen molar-refractivity contribution in [2.24, 2.45) is 0 Å². The van der Waals surface area contributed by atoms with Crippen molar-refractivity contribution in [1.82, 2.24) is 5.32 Å². The minimum Gasteiger partial charge on any atom is -0.481 e. The highest BCUT2D eigenvalue weighted by Gasteiger charge is 2.36. The molecular formula is C26H18Br2ClN3O5. The summed E-state index contributed by atoms with van der Waals surface area (Å²) in [6.45, 7) is 1.64. The highest BCUT2D eigenvalue weighted by atomic mass is 79.9. The van der Waals surface area contributed by atoms with Gasteiger partial charge in [0.25, 0.3) is 17.7 Å². The molecule has 1 aliphatic rings. The molecule has 3 aromatic carbocycles. The number of carbonyl (C=O) groups excluding carboxylic acids is 4. The maximum atomic E-state index is 13.1. The molecule has 37 heavy (non-hydrogen) atoms. The van der Waals surface area contributed by atoms with Crippen molar-refractivity contribution in [3.8, 4) is 5.75 Å². The molecule has 0 aliphatic carbocycles. The van der Waals surface area contributed by atoms with Crippen molar-refractivity contribution < 1.29 is 23.9 Å². The molecule has 2 N–H and O–H groups in total. The minimum atomic E-state index is -0.857. The van der Waals surface area contributed by atoms with E-state index in [0.717, 1.165) is 10.5 Å². The molecule has 4 rings (SSSR count). The van der Waals surface area contributed by atoms with Gasteiger partial charge in [0.05, 0.1) is 14.6 Å². The van der Waals surface area contributed by atoms with Crippen LogP contribution in [-0.2, 0) is 14.4 Å². The fourth-order valence-corrected chi connectivity index (χ4v) is 5.06. The van der Waals surface area contributed by atoms with Crippen LogP contribution in [0.15, 0.2) is 75.2 Å². The molecule has 0 atom stereocenters.